The number of hydrogen-bond acceptors (Lipinski definition) is 2. The molecule has 0 aliphatic carbocycles. The number of alkyl halides is 2. The topological polar surface area (TPSA) is 50.2 Å². The summed E-state index contributed by atoms with van der Waals surface area (Å²) in [5.41, 5.74) is -1.25. The average Bonchev–Trinajstić information content (AvgIpc) is 2.10. The molecule has 1 aromatic rings. The van der Waals surface area contributed by atoms with Crippen LogP contribution in [0.25, 0.3) is 0 Å². The maximum absolute atomic E-state index is 13.0. The van der Waals surface area contributed by atoms with Crippen molar-refractivity contribution in [2.24, 2.45) is 0 Å². The highest BCUT2D eigenvalue weighted by Gasteiger charge is 2.22. The van der Waals surface area contributed by atoms with Crippen LogP contribution >= 0.6 is 15.9 Å². The Morgan fingerprint density at radius 2 is 2.20 bits per heavy atom. The van der Waals surface area contributed by atoms with E-state index >= 15 is 0 Å². The lowest BCUT2D eigenvalue weighted by Crippen LogP contribution is -2.08. The van der Waals surface area contributed by atoms with E-state index in [1.54, 1.807) is 0 Å². The lowest BCUT2D eigenvalue weighted by atomic mass is 10.1. The van der Waals surface area contributed by atoms with E-state index < -0.39 is 30.2 Å². The van der Waals surface area contributed by atoms with Gasteiger partial charge in [-0.2, -0.15) is 0 Å². The Hall–Kier alpha value is -1.11. The van der Waals surface area contributed by atoms with E-state index in [1.165, 1.54) is 0 Å². The third-order valence-electron chi connectivity index (χ3n) is 1.67. The van der Waals surface area contributed by atoms with E-state index in [-0.39, 0.29) is 10.2 Å². The Labute approximate surface area is 91.1 Å². The Bertz CT molecular complexity index is 398. The van der Waals surface area contributed by atoms with Gasteiger partial charge in [0.2, 0.25) is 0 Å². The predicted molar refractivity (Wildman–Crippen MR) is 48.2 cm³/mol. The van der Waals surface area contributed by atoms with Crippen LogP contribution in [0.5, 0.6) is 0 Å². The minimum absolute atomic E-state index is 0.0819. The van der Waals surface area contributed by atoms with Crippen LogP contribution in [0.4, 0.5) is 13.2 Å². The lowest BCUT2D eigenvalue weighted by molar-refractivity contribution is -0.136. The largest absolute Gasteiger partial charge is 0.481 e. The first-order chi connectivity index (χ1) is 6.93. The molecular weight excluding hydrogens is 279 g/mol. The molecule has 0 radical (unpaired) electrons. The SMILES string of the molecule is O=C(O)Cc1c(Br)ncc(F)c1C(F)F. The zero-order valence-corrected chi connectivity index (χ0v) is 8.76. The van der Waals surface area contributed by atoms with E-state index in [2.05, 4.69) is 20.9 Å². The molecule has 1 heterocycles. The molecule has 0 aliphatic rings. The summed E-state index contributed by atoms with van der Waals surface area (Å²) in [7, 11) is 0. The Morgan fingerprint density at radius 3 is 2.67 bits per heavy atom. The molecule has 0 aliphatic heterocycles. The minimum Gasteiger partial charge on any atom is -0.481 e. The van der Waals surface area contributed by atoms with Gasteiger partial charge in [0.1, 0.15) is 4.60 Å². The van der Waals surface area contributed by atoms with E-state index in [0.717, 1.165) is 0 Å². The molecule has 0 aromatic carbocycles. The van der Waals surface area contributed by atoms with Crippen molar-refractivity contribution in [1.82, 2.24) is 4.98 Å². The molecule has 0 fully saturated rings. The van der Waals surface area contributed by atoms with E-state index in [9.17, 15) is 18.0 Å². The van der Waals surface area contributed by atoms with Crippen LogP contribution in [-0.2, 0) is 11.2 Å². The summed E-state index contributed by atoms with van der Waals surface area (Å²) in [6.07, 6.45) is -3.15. The molecular formula is C8H5BrF3NO2. The number of rotatable bonds is 3. The third kappa shape index (κ3) is 2.68. The molecule has 1 rings (SSSR count). The molecule has 1 N–H and O–H groups in total. The first-order valence-corrected chi connectivity index (χ1v) is 4.55. The van der Waals surface area contributed by atoms with Gasteiger partial charge in [-0.15, -0.1) is 0 Å². The summed E-state index contributed by atoms with van der Waals surface area (Å²) in [4.78, 5) is 13.8. The highest BCUT2D eigenvalue weighted by Crippen LogP contribution is 2.29. The molecule has 0 saturated heterocycles. The standard InChI is InChI=1S/C8H5BrF3NO2/c9-7-3(1-5(14)15)6(8(11)12)4(10)2-13-7/h2,8H,1H2,(H,14,15). The summed E-state index contributed by atoms with van der Waals surface area (Å²) < 4.78 is 37.8. The van der Waals surface area contributed by atoms with Crippen molar-refractivity contribution in [3.8, 4) is 0 Å². The number of carboxylic acids is 1. The molecule has 7 heteroatoms. The van der Waals surface area contributed by atoms with Crippen LogP contribution in [-0.4, -0.2) is 16.1 Å². The molecule has 3 nitrogen and oxygen atoms in total. The van der Waals surface area contributed by atoms with Gasteiger partial charge < -0.3 is 5.11 Å². The predicted octanol–water partition coefficient (Wildman–Crippen LogP) is 2.55. The van der Waals surface area contributed by atoms with E-state index in [1.807, 2.05) is 0 Å². The second kappa shape index (κ2) is 4.61. The summed E-state index contributed by atoms with van der Waals surface area (Å²) in [5.74, 6) is -2.53. The molecule has 15 heavy (non-hydrogen) atoms. The maximum atomic E-state index is 13.0. The van der Waals surface area contributed by atoms with Crippen LogP contribution in [0.15, 0.2) is 10.8 Å². The Morgan fingerprint density at radius 1 is 1.60 bits per heavy atom. The number of aliphatic carboxylic acids is 1. The second-order valence-electron chi connectivity index (χ2n) is 2.66. The van der Waals surface area contributed by atoms with Crippen molar-refractivity contribution in [3.05, 3.63) is 27.7 Å². The van der Waals surface area contributed by atoms with Gasteiger partial charge in [-0.25, -0.2) is 18.2 Å². The van der Waals surface area contributed by atoms with Crippen molar-refractivity contribution < 1.29 is 23.1 Å². The van der Waals surface area contributed by atoms with Gasteiger partial charge >= 0.3 is 5.97 Å². The summed E-state index contributed by atoms with van der Waals surface area (Å²) in [6, 6.07) is 0. The zero-order valence-electron chi connectivity index (χ0n) is 7.18. The first-order valence-electron chi connectivity index (χ1n) is 3.76. The molecule has 0 amide bonds. The van der Waals surface area contributed by atoms with E-state index in [4.69, 9.17) is 5.11 Å². The minimum atomic E-state index is -3.07. The second-order valence-corrected chi connectivity index (χ2v) is 3.41. The van der Waals surface area contributed by atoms with Crippen molar-refractivity contribution in [3.63, 3.8) is 0 Å². The molecule has 0 bridgehead atoms. The van der Waals surface area contributed by atoms with Crippen LogP contribution < -0.4 is 0 Å². The van der Waals surface area contributed by atoms with Crippen molar-refractivity contribution in [2.75, 3.05) is 0 Å². The van der Waals surface area contributed by atoms with Gasteiger partial charge in [-0.3, -0.25) is 4.79 Å². The quantitative estimate of drug-likeness (QED) is 0.868. The number of nitrogens with zero attached hydrogens (tertiary/aromatic N) is 1. The number of pyridine rings is 1. The normalized spacial score (nSPS) is 10.7. The molecule has 82 valence electrons. The number of carbonyl (C=O) groups is 1. The van der Waals surface area contributed by atoms with Crippen molar-refractivity contribution in [1.29, 1.82) is 0 Å². The molecule has 0 unspecified atom stereocenters. The van der Waals surface area contributed by atoms with Gasteiger partial charge in [0.25, 0.3) is 6.43 Å². The van der Waals surface area contributed by atoms with E-state index in [0.29, 0.717) is 6.20 Å². The zero-order chi connectivity index (χ0) is 11.6. The van der Waals surface area contributed by atoms with Crippen LogP contribution in [0.3, 0.4) is 0 Å². The van der Waals surface area contributed by atoms with Gasteiger partial charge in [-0.05, 0) is 15.9 Å². The smallest absolute Gasteiger partial charge is 0.307 e. The molecule has 0 atom stereocenters. The summed E-state index contributed by atoms with van der Waals surface area (Å²) >= 11 is 2.80. The number of carboxylic acid groups (broad SMARTS) is 1. The third-order valence-corrected chi connectivity index (χ3v) is 2.35. The lowest BCUT2D eigenvalue weighted by Gasteiger charge is -2.09. The molecule has 0 saturated carbocycles. The highest BCUT2D eigenvalue weighted by atomic mass is 79.9. The monoisotopic (exact) mass is 283 g/mol. The Balaban J connectivity index is 3.31. The van der Waals surface area contributed by atoms with Crippen molar-refractivity contribution >= 4 is 21.9 Å². The summed E-state index contributed by atoms with van der Waals surface area (Å²) in [6.45, 7) is 0. The number of aromatic nitrogens is 1. The molecule has 1 aromatic heterocycles. The fourth-order valence-corrected chi connectivity index (χ4v) is 1.53. The van der Waals surface area contributed by atoms with Crippen LogP contribution in [0.1, 0.15) is 17.6 Å². The van der Waals surface area contributed by atoms with Gasteiger partial charge in [0, 0.05) is 5.56 Å². The Kier molecular flexibility index (Phi) is 3.67. The number of hydrogen-bond donors (Lipinski definition) is 1. The highest BCUT2D eigenvalue weighted by molar-refractivity contribution is 9.10. The number of halogens is 4. The van der Waals surface area contributed by atoms with Gasteiger partial charge in [0.05, 0.1) is 18.2 Å². The maximum Gasteiger partial charge on any atom is 0.307 e. The fraction of sp³-hybridized carbons (Fsp3) is 0.250. The summed E-state index contributed by atoms with van der Waals surface area (Å²) in [5, 5.41) is 8.47. The van der Waals surface area contributed by atoms with Crippen LogP contribution in [0.2, 0.25) is 0 Å². The van der Waals surface area contributed by atoms with Gasteiger partial charge in [-0.1, -0.05) is 0 Å². The van der Waals surface area contributed by atoms with Gasteiger partial charge in [0.15, 0.2) is 5.82 Å². The fourth-order valence-electron chi connectivity index (χ4n) is 1.07. The average molecular weight is 284 g/mol. The molecule has 0 spiro atoms. The van der Waals surface area contributed by atoms with Crippen LogP contribution in [0, 0.1) is 5.82 Å². The first kappa shape index (κ1) is 12.0. The van der Waals surface area contributed by atoms with Crippen molar-refractivity contribution in [2.45, 2.75) is 12.8 Å².